The zero-order valence-corrected chi connectivity index (χ0v) is 9.21. The summed E-state index contributed by atoms with van der Waals surface area (Å²) >= 11 is 0. The lowest BCUT2D eigenvalue weighted by Crippen LogP contribution is -2.34. The molecular weight excluding hydrogens is 172 g/mol. The van der Waals surface area contributed by atoms with Gasteiger partial charge in [0.05, 0.1) is 0 Å². The van der Waals surface area contributed by atoms with Gasteiger partial charge in [0.15, 0.2) is 0 Å². The van der Waals surface area contributed by atoms with Gasteiger partial charge in [0.25, 0.3) is 0 Å². The summed E-state index contributed by atoms with van der Waals surface area (Å²) in [6, 6.07) is 2.93. The Morgan fingerprint density at radius 2 is 2.36 bits per heavy atom. The van der Waals surface area contributed by atoms with E-state index in [-0.39, 0.29) is 0 Å². The molecule has 0 saturated carbocycles. The minimum atomic E-state index is 0.667. The molecule has 14 heavy (non-hydrogen) atoms. The summed E-state index contributed by atoms with van der Waals surface area (Å²) < 4.78 is 0. The fraction of sp³-hybridized carbons (Fsp3) is 0.667. The molecule has 1 aromatic heterocycles. The number of H-pyrrole nitrogens is 1. The van der Waals surface area contributed by atoms with E-state index in [4.69, 9.17) is 0 Å². The van der Waals surface area contributed by atoms with Crippen molar-refractivity contribution in [2.24, 2.45) is 0 Å². The first-order valence-corrected chi connectivity index (χ1v) is 5.77. The molecule has 0 unspecified atom stereocenters. The van der Waals surface area contributed by atoms with Crippen molar-refractivity contribution in [2.45, 2.75) is 39.2 Å². The van der Waals surface area contributed by atoms with E-state index >= 15 is 0 Å². The van der Waals surface area contributed by atoms with E-state index in [1.807, 2.05) is 0 Å². The monoisotopic (exact) mass is 192 g/mol. The topological polar surface area (TPSA) is 19.0 Å². The summed E-state index contributed by atoms with van der Waals surface area (Å²) in [7, 11) is 0. The molecule has 2 heterocycles. The lowest BCUT2D eigenvalue weighted by Gasteiger charge is -2.35. The van der Waals surface area contributed by atoms with E-state index in [1.54, 1.807) is 5.56 Å². The molecule has 2 rings (SSSR count). The second-order valence-electron chi connectivity index (χ2n) is 4.09. The first-order valence-electron chi connectivity index (χ1n) is 5.77. The van der Waals surface area contributed by atoms with Gasteiger partial charge >= 0.3 is 0 Å². The van der Waals surface area contributed by atoms with Gasteiger partial charge in [0.1, 0.15) is 0 Å². The number of aromatic nitrogens is 1. The van der Waals surface area contributed by atoms with Gasteiger partial charge in [-0.15, -0.1) is 0 Å². The zero-order chi connectivity index (χ0) is 9.97. The molecule has 1 aliphatic heterocycles. The van der Waals surface area contributed by atoms with Crippen molar-refractivity contribution < 1.29 is 0 Å². The number of aromatic amines is 1. The highest BCUT2D eigenvalue weighted by atomic mass is 15.2. The summed E-state index contributed by atoms with van der Waals surface area (Å²) in [6.45, 7) is 6.93. The van der Waals surface area contributed by atoms with Crippen LogP contribution in [0.1, 0.15) is 44.0 Å². The molecule has 0 amide bonds. The average molecular weight is 192 g/mol. The van der Waals surface area contributed by atoms with Crippen molar-refractivity contribution in [2.75, 3.05) is 13.1 Å². The van der Waals surface area contributed by atoms with Gasteiger partial charge in [-0.1, -0.05) is 20.3 Å². The van der Waals surface area contributed by atoms with Crippen LogP contribution in [0.15, 0.2) is 12.3 Å². The molecule has 0 saturated heterocycles. The fourth-order valence-electron chi connectivity index (χ4n) is 2.54. The summed E-state index contributed by atoms with van der Waals surface area (Å²) in [5.74, 6) is 0. The standard InChI is InChI=1S/C12H20N2/c1-3-5-12-10-6-8-13-11(10)7-9-14(12)4-2/h6,8,12-13H,3-5,7,9H2,1-2H3/t12-/m1/s1. The second kappa shape index (κ2) is 4.18. The van der Waals surface area contributed by atoms with E-state index < -0.39 is 0 Å². The number of nitrogens with one attached hydrogen (secondary N) is 1. The van der Waals surface area contributed by atoms with Crippen molar-refractivity contribution in [3.05, 3.63) is 23.5 Å². The lowest BCUT2D eigenvalue weighted by atomic mass is 9.95. The van der Waals surface area contributed by atoms with Crippen molar-refractivity contribution in [3.63, 3.8) is 0 Å². The van der Waals surface area contributed by atoms with Crippen LogP contribution in [-0.2, 0) is 6.42 Å². The molecule has 1 aliphatic rings. The Balaban J connectivity index is 2.23. The fourth-order valence-corrected chi connectivity index (χ4v) is 2.54. The van der Waals surface area contributed by atoms with Crippen LogP contribution in [0.3, 0.4) is 0 Å². The molecular formula is C12H20N2. The molecule has 0 bridgehead atoms. The van der Waals surface area contributed by atoms with E-state index in [0.29, 0.717) is 6.04 Å². The Hall–Kier alpha value is -0.760. The Labute approximate surface area is 86.3 Å². The van der Waals surface area contributed by atoms with Crippen molar-refractivity contribution in [1.82, 2.24) is 9.88 Å². The number of likely N-dealkylation sites (N-methyl/N-ethyl adjacent to an activating group) is 1. The molecule has 0 spiro atoms. The van der Waals surface area contributed by atoms with Crippen molar-refractivity contribution in [1.29, 1.82) is 0 Å². The van der Waals surface area contributed by atoms with Crippen LogP contribution >= 0.6 is 0 Å². The smallest absolute Gasteiger partial charge is 0.0365 e. The van der Waals surface area contributed by atoms with Crippen molar-refractivity contribution >= 4 is 0 Å². The Morgan fingerprint density at radius 1 is 1.50 bits per heavy atom. The summed E-state index contributed by atoms with van der Waals surface area (Å²) in [5.41, 5.74) is 3.01. The third kappa shape index (κ3) is 1.59. The largest absolute Gasteiger partial charge is 0.365 e. The molecule has 2 nitrogen and oxygen atoms in total. The van der Waals surface area contributed by atoms with E-state index in [9.17, 15) is 0 Å². The quantitative estimate of drug-likeness (QED) is 0.780. The highest BCUT2D eigenvalue weighted by Gasteiger charge is 2.25. The van der Waals surface area contributed by atoms with Crippen molar-refractivity contribution in [3.8, 4) is 0 Å². The van der Waals surface area contributed by atoms with Gasteiger partial charge < -0.3 is 4.98 Å². The third-order valence-electron chi connectivity index (χ3n) is 3.29. The number of hydrogen-bond acceptors (Lipinski definition) is 1. The molecule has 1 N–H and O–H groups in total. The molecule has 0 aliphatic carbocycles. The van der Waals surface area contributed by atoms with Crippen LogP contribution in [0, 0.1) is 0 Å². The third-order valence-corrected chi connectivity index (χ3v) is 3.29. The zero-order valence-electron chi connectivity index (χ0n) is 9.21. The van der Waals surface area contributed by atoms with Gasteiger partial charge in [-0.3, -0.25) is 4.90 Å². The molecule has 0 aromatic carbocycles. The van der Waals surface area contributed by atoms with Gasteiger partial charge in [0.2, 0.25) is 0 Å². The minimum Gasteiger partial charge on any atom is -0.365 e. The van der Waals surface area contributed by atoms with Crippen LogP contribution in [-0.4, -0.2) is 23.0 Å². The number of rotatable bonds is 3. The van der Waals surface area contributed by atoms with E-state index in [2.05, 4.69) is 36.0 Å². The highest BCUT2D eigenvalue weighted by Crippen LogP contribution is 2.31. The first-order chi connectivity index (χ1) is 6.86. The molecule has 2 heteroatoms. The second-order valence-corrected chi connectivity index (χ2v) is 4.09. The predicted octanol–water partition coefficient (Wildman–Crippen LogP) is 2.73. The maximum Gasteiger partial charge on any atom is 0.0365 e. The summed E-state index contributed by atoms with van der Waals surface area (Å²) in [4.78, 5) is 5.96. The van der Waals surface area contributed by atoms with Crippen LogP contribution in [0.2, 0.25) is 0 Å². The molecule has 0 fully saturated rings. The maximum atomic E-state index is 3.36. The van der Waals surface area contributed by atoms with Crippen LogP contribution in [0.5, 0.6) is 0 Å². The SMILES string of the molecule is CCC[C@@H]1c2cc[nH]c2CCN1CC. The van der Waals surface area contributed by atoms with Gasteiger partial charge in [-0.05, 0) is 24.6 Å². The van der Waals surface area contributed by atoms with Crippen LogP contribution < -0.4 is 0 Å². The maximum absolute atomic E-state index is 3.36. The first kappa shape index (κ1) is 9.78. The van der Waals surface area contributed by atoms with E-state index in [0.717, 1.165) is 0 Å². The lowest BCUT2D eigenvalue weighted by molar-refractivity contribution is 0.184. The summed E-state index contributed by atoms with van der Waals surface area (Å²) in [6.07, 6.45) is 5.84. The molecule has 1 atom stereocenters. The Morgan fingerprint density at radius 3 is 3.07 bits per heavy atom. The normalized spacial score (nSPS) is 22.3. The average Bonchev–Trinajstić information content (AvgIpc) is 2.67. The summed E-state index contributed by atoms with van der Waals surface area (Å²) in [5, 5.41) is 0. The minimum absolute atomic E-state index is 0.667. The number of fused-ring (bicyclic) bond motifs is 1. The van der Waals surface area contributed by atoms with Gasteiger partial charge in [0, 0.05) is 30.9 Å². The molecule has 1 aromatic rings. The van der Waals surface area contributed by atoms with Crippen LogP contribution in [0.4, 0.5) is 0 Å². The Bertz CT molecular complexity index is 290. The van der Waals surface area contributed by atoms with Crippen LogP contribution in [0.25, 0.3) is 0 Å². The molecule has 0 radical (unpaired) electrons. The molecule has 78 valence electrons. The number of hydrogen-bond donors (Lipinski definition) is 1. The van der Waals surface area contributed by atoms with E-state index in [1.165, 1.54) is 38.0 Å². The van der Waals surface area contributed by atoms with Gasteiger partial charge in [-0.2, -0.15) is 0 Å². The highest BCUT2D eigenvalue weighted by molar-refractivity contribution is 5.27. The van der Waals surface area contributed by atoms with Gasteiger partial charge in [-0.25, -0.2) is 0 Å². The number of nitrogens with zero attached hydrogens (tertiary/aromatic N) is 1. The predicted molar refractivity (Wildman–Crippen MR) is 59.4 cm³/mol. The Kier molecular flexibility index (Phi) is 2.92.